The summed E-state index contributed by atoms with van der Waals surface area (Å²) in [7, 11) is -1.41. The molecule has 0 saturated heterocycles. The van der Waals surface area contributed by atoms with Crippen LogP contribution >= 0.6 is 0 Å². The number of aliphatic carboxylic acids is 1. The van der Waals surface area contributed by atoms with Gasteiger partial charge in [-0.3, -0.25) is 4.79 Å². The number of hydrogen-bond donors (Lipinski definition) is 1. The predicted molar refractivity (Wildman–Crippen MR) is 65.2 cm³/mol. The smallest absolute Gasteiger partial charge is 0.303 e. The van der Waals surface area contributed by atoms with E-state index in [0.717, 1.165) is 12.5 Å². The van der Waals surface area contributed by atoms with Crippen molar-refractivity contribution in [2.75, 3.05) is 0 Å². The Balaban J connectivity index is 2.56. The first-order chi connectivity index (χ1) is 7.02. The second kappa shape index (κ2) is 5.12. The van der Waals surface area contributed by atoms with Gasteiger partial charge >= 0.3 is 5.97 Å². The van der Waals surface area contributed by atoms with E-state index in [2.05, 4.69) is 37.4 Å². The molecule has 1 rings (SSSR count). The molecule has 0 fully saturated rings. The third kappa shape index (κ3) is 3.87. The fourth-order valence-corrected chi connectivity index (χ4v) is 4.16. The fourth-order valence-electron chi connectivity index (χ4n) is 1.72. The molecule has 1 aromatic rings. The van der Waals surface area contributed by atoms with Crippen LogP contribution in [0.15, 0.2) is 30.3 Å². The molecule has 0 amide bonds. The molecule has 1 aromatic carbocycles. The van der Waals surface area contributed by atoms with Gasteiger partial charge in [-0.2, -0.15) is 0 Å². The molecule has 0 aromatic heterocycles. The molecule has 0 atom stereocenters. The maximum Gasteiger partial charge on any atom is 0.303 e. The summed E-state index contributed by atoms with van der Waals surface area (Å²) in [5, 5.41) is 10.0. The van der Waals surface area contributed by atoms with E-state index in [1.807, 2.05) is 6.07 Å². The standard InChI is InChI=1S/C12H18O2Si/c1-15(2,10-6-9-12(13)14)11-7-4-3-5-8-11/h3-5,7-8H,6,9-10H2,1-2H3,(H,13,14). The topological polar surface area (TPSA) is 37.3 Å². The Morgan fingerprint density at radius 3 is 2.40 bits per heavy atom. The van der Waals surface area contributed by atoms with Crippen LogP contribution in [0.4, 0.5) is 0 Å². The van der Waals surface area contributed by atoms with Crippen LogP contribution in [0.1, 0.15) is 12.8 Å². The molecule has 0 bridgehead atoms. The molecule has 0 saturated carbocycles. The molecule has 15 heavy (non-hydrogen) atoms. The quantitative estimate of drug-likeness (QED) is 0.777. The van der Waals surface area contributed by atoms with Crippen LogP contribution < -0.4 is 5.19 Å². The Hall–Kier alpha value is -1.09. The van der Waals surface area contributed by atoms with Gasteiger partial charge in [0.25, 0.3) is 0 Å². The molecule has 0 unspecified atom stereocenters. The van der Waals surface area contributed by atoms with E-state index >= 15 is 0 Å². The monoisotopic (exact) mass is 222 g/mol. The number of rotatable bonds is 5. The molecule has 0 aliphatic heterocycles. The van der Waals surface area contributed by atoms with Gasteiger partial charge in [0.05, 0.1) is 8.07 Å². The van der Waals surface area contributed by atoms with Crippen LogP contribution in [0.5, 0.6) is 0 Å². The van der Waals surface area contributed by atoms with Crippen molar-refractivity contribution in [3.8, 4) is 0 Å². The Kier molecular flexibility index (Phi) is 4.09. The summed E-state index contributed by atoms with van der Waals surface area (Å²) in [6.45, 7) is 4.59. The summed E-state index contributed by atoms with van der Waals surface area (Å²) >= 11 is 0. The molecule has 82 valence electrons. The highest BCUT2D eigenvalue weighted by Gasteiger charge is 2.22. The zero-order valence-corrected chi connectivity index (χ0v) is 10.4. The van der Waals surface area contributed by atoms with Crippen LogP contribution in [0.25, 0.3) is 0 Å². The van der Waals surface area contributed by atoms with Crippen LogP contribution in [0, 0.1) is 0 Å². The van der Waals surface area contributed by atoms with Crippen molar-refractivity contribution in [1.82, 2.24) is 0 Å². The van der Waals surface area contributed by atoms with E-state index < -0.39 is 14.0 Å². The Morgan fingerprint density at radius 1 is 1.27 bits per heavy atom. The Labute approximate surface area is 92.0 Å². The lowest BCUT2D eigenvalue weighted by atomic mass is 10.3. The van der Waals surface area contributed by atoms with Crippen molar-refractivity contribution in [3.63, 3.8) is 0 Å². The molecule has 0 aliphatic carbocycles. The van der Waals surface area contributed by atoms with Crippen molar-refractivity contribution >= 4 is 19.2 Å². The van der Waals surface area contributed by atoms with Crippen LogP contribution in [-0.4, -0.2) is 19.1 Å². The zero-order chi connectivity index (χ0) is 11.3. The molecule has 3 heteroatoms. The van der Waals surface area contributed by atoms with Crippen LogP contribution in [0.2, 0.25) is 19.1 Å². The van der Waals surface area contributed by atoms with Gasteiger partial charge in [-0.15, -0.1) is 0 Å². The molecular formula is C12H18O2Si. The highest BCUT2D eigenvalue weighted by atomic mass is 28.3. The lowest BCUT2D eigenvalue weighted by molar-refractivity contribution is -0.137. The van der Waals surface area contributed by atoms with E-state index in [9.17, 15) is 4.79 Å². The van der Waals surface area contributed by atoms with Crippen molar-refractivity contribution < 1.29 is 9.90 Å². The molecule has 0 aliphatic rings. The third-order valence-corrected chi connectivity index (χ3v) is 6.25. The SMILES string of the molecule is C[Si](C)(CCCC(=O)O)c1ccccc1. The van der Waals surface area contributed by atoms with Crippen molar-refractivity contribution in [2.24, 2.45) is 0 Å². The summed E-state index contributed by atoms with van der Waals surface area (Å²) in [4.78, 5) is 10.4. The molecule has 0 spiro atoms. The van der Waals surface area contributed by atoms with Gasteiger partial charge in [-0.1, -0.05) is 54.7 Å². The van der Waals surface area contributed by atoms with Gasteiger partial charge in [-0.05, 0) is 6.42 Å². The average molecular weight is 222 g/mol. The minimum Gasteiger partial charge on any atom is -0.481 e. The Morgan fingerprint density at radius 2 is 1.87 bits per heavy atom. The minimum atomic E-state index is -1.41. The van der Waals surface area contributed by atoms with Crippen LogP contribution in [-0.2, 0) is 4.79 Å². The van der Waals surface area contributed by atoms with Gasteiger partial charge in [0.2, 0.25) is 0 Å². The Bertz CT molecular complexity index is 320. The lowest BCUT2D eigenvalue weighted by Gasteiger charge is -2.22. The number of carboxylic acids is 1. The fraction of sp³-hybridized carbons (Fsp3) is 0.417. The van der Waals surface area contributed by atoms with Gasteiger partial charge in [0.1, 0.15) is 0 Å². The summed E-state index contributed by atoms with van der Waals surface area (Å²) in [6.07, 6.45) is 1.09. The molecule has 1 N–H and O–H groups in total. The van der Waals surface area contributed by atoms with E-state index in [1.165, 1.54) is 5.19 Å². The van der Waals surface area contributed by atoms with E-state index in [-0.39, 0.29) is 0 Å². The van der Waals surface area contributed by atoms with Crippen molar-refractivity contribution in [1.29, 1.82) is 0 Å². The molecule has 0 heterocycles. The minimum absolute atomic E-state index is 0.295. The van der Waals surface area contributed by atoms with Crippen molar-refractivity contribution in [3.05, 3.63) is 30.3 Å². The highest BCUT2D eigenvalue weighted by Crippen LogP contribution is 2.13. The summed E-state index contributed by atoms with van der Waals surface area (Å²) < 4.78 is 0. The van der Waals surface area contributed by atoms with Gasteiger partial charge in [0, 0.05) is 6.42 Å². The largest absolute Gasteiger partial charge is 0.481 e. The first-order valence-corrected chi connectivity index (χ1v) is 8.50. The van der Waals surface area contributed by atoms with E-state index in [0.29, 0.717) is 6.42 Å². The maximum atomic E-state index is 10.4. The lowest BCUT2D eigenvalue weighted by Crippen LogP contribution is -2.40. The van der Waals surface area contributed by atoms with E-state index in [4.69, 9.17) is 5.11 Å². The second-order valence-electron chi connectivity index (χ2n) is 4.50. The average Bonchev–Trinajstić information content (AvgIpc) is 2.18. The summed E-state index contributed by atoms with van der Waals surface area (Å²) in [6, 6.07) is 11.5. The maximum absolute atomic E-state index is 10.4. The first-order valence-electron chi connectivity index (χ1n) is 5.30. The summed E-state index contributed by atoms with van der Waals surface area (Å²) in [5.41, 5.74) is 0. The number of carboxylic acid groups (broad SMARTS) is 1. The van der Waals surface area contributed by atoms with Crippen LogP contribution in [0.3, 0.4) is 0 Å². The van der Waals surface area contributed by atoms with Gasteiger partial charge < -0.3 is 5.11 Å². The summed E-state index contributed by atoms with van der Waals surface area (Å²) in [5.74, 6) is -0.687. The molecule has 0 radical (unpaired) electrons. The van der Waals surface area contributed by atoms with Gasteiger partial charge in [-0.25, -0.2) is 0 Å². The number of benzene rings is 1. The highest BCUT2D eigenvalue weighted by molar-refractivity contribution is 6.89. The van der Waals surface area contributed by atoms with E-state index in [1.54, 1.807) is 0 Å². The molecule has 2 nitrogen and oxygen atoms in total. The number of hydrogen-bond acceptors (Lipinski definition) is 1. The second-order valence-corrected chi connectivity index (χ2v) is 9.34. The first kappa shape index (κ1) is 12.0. The zero-order valence-electron chi connectivity index (χ0n) is 9.36. The molecular weight excluding hydrogens is 204 g/mol. The normalized spacial score (nSPS) is 11.3. The predicted octanol–water partition coefficient (Wildman–Crippen LogP) is 2.47. The third-order valence-electron chi connectivity index (χ3n) is 2.75. The number of carbonyl (C=O) groups is 1. The van der Waals surface area contributed by atoms with Gasteiger partial charge in [0.15, 0.2) is 0 Å². The van der Waals surface area contributed by atoms with Crippen molar-refractivity contribution in [2.45, 2.75) is 32.0 Å².